The first-order valence-electron chi connectivity index (χ1n) is 6.23. The van der Waals surface area contributed by atoms with E-state index in [1.54, 1.807) is 12.1 Å². The van der Waals surface area contributed by atoms with Gasteiger partial charge in [-0.15, -0.1) is 11.3 Å². The Kier molecular flexibility index (Phi) is 4.01. The Hall–Kier alpha value is -1.36. The van der Waals surface area contributed by atoms with Gasteiger partial charge in [0.2, 0.25) is 5.91 Å². The quantitative estimate of drug-likeness (QED) is 0.894. The minimum absolute atomic E-state index is 0.0866. The van der Waals surface area contributed by atoms with Crippen molar-refractivity contribution in [3.8, 4) is 0 Å². The average Bonchev–Trinajstić information content (AvgIpc) is 2.76. The number of amides is 2. The lowest BCUT2D eigenvalue weighted by Crippen LogP contribution is -2.37. The minimum atomic E-state index is -0.109. The summed E-state index contributed by atoms with van der Waals surface area (Å²) in [4.78, 5) is 25.8. The molecule has 0 bridgehead atoms. The van der Waals surface area contributed by atoms with E-state index in [-0.39, 0.29) is 11.8 Å². The Morgan fingerprint density at radius 2 is 2.00 bits per heavy atom. The molecule has 2 amide bonds. The number of hydrogen-bond donors (Lipinski definition) is 1. The number of nitrogens with one attached hydrogen (secondary N) is 1. The maximum absolute atomic E-state index is 12.2. The van der Waals surface area contributed by atoms with Crippen LogP contribution in [0.5, 0.6) is 0 Å². The number of anilines is 1. The fourth-order valence-corrected chi connectivity index (χ4v) is 2.98. The van der Waals surface area contributed by atoms with Crippen LogP contribution in [0.2, 0.25) is 0 Å². The van der Waals surface area contributed by atoms with E-state index in [1.165, 1.54) is 18.3 Å². The molecular weight excluding hydrogens is 248 g/mol. The van der Waals surface area contributed by atoms with E-state index < -0.39 is 0 Å². The largest absolute Gasteiger partial charge is 0.338 e. The zero-order chi connectivity index (χ0) is 13.1. The summed E-state index contributed by atoms with van der Waals surface area (Å²) in [6.07, 6.45) is 2.16. The summed E-state index contributed by atoms with van der Waals surface area (Å²) in [6.45, 7) is 5.37. The molecular formula is C13H18N2O2S. The van der Waals surface area contributed by atoms with E-state index in [4.69, 9.17) is 0 Å². The molecule has 0 aromatic carbocycles. The zero-order valence-electron chi connectivity index (χ0n) is 10.7. The second-order valence-corrected chi connectivity index (χ2v) is 5.90. The van der Waals surface area contributed by atoms with Crippen molar-refractivity contribution in [3.05, 3.63) is 17.0 Å². The molecule has 4 nitrogen and oxygen atoms in total. The van der Waals surface area contributed by atoms with E-state index in [2.05, 4.69) is 12.2 Å². The summed E-state index contributed by atoms with van der Waals surface area (Å²) in [5.74, 6) is 0.693. The van der Waals surface area contributed by atoms with E-state index in [0.29, 0.717) is 10.8 Å². The molecule has 18 heavy (non-hydrogen) atoms. The topological polar surface area (TPSA) is 49.4 Å². The van der Waals surface area contributed by atoms with Gasteiger partial charge >= 0.3 is 0 Å². The third-order valence-electron chi connectivity index (χ3n) is 3.19. The molecule has 0 unspecified atom stereocenters. The second-order valence-electron chi connectivity index (χ2n) is 4.82. The lowest BCUT2D eigenvalue weighted by molar-refractivity contribution is -0.114. The first-order valence-corrected chi connectivity index (χ1v) is 7.04. The van der Waals surface area contributed by atoms with Gasteiger partial charge in [0.25, 0.3) is 5.91 Å². The molecule has 1 aromatic rings. The molecule has 0 atom stereocenters. The number of thiophene rings is 1. The van der Waals surface area contributed by atoms with Crippen LogP contribution in [0.4, 0.5) is 5.00 Å². The van der Waals surface area contributed by atoms with Crippen LogP contribution >= 0.6 is 11.3 Å². The van der Waals surface area contributed by atoms with Crippen molar-refractivity contribution in [1.29, 1.82) is 0 Å². The summed E-state index contributed by atoms with van der Waals surface area (Å²) >= 11 is 1.34. The van der Waals surface area contributed by atoms with Crippen molar-refractivity contribution in [2.45, 2.75) is 26.7 Å². The van der Waals surface area contributed by atoms with E-state index in [1.807, 2.05) is 4.90 Å². The van der Waals surface area contributed by atoms with Gasteiger partial charge in [0.15, 0.2) is 0 Å². The Bertz CT molecular complexity index is 448. The Balaban J connectivity index is 2.00. The Morgan fingerprint density at radius 3 is 2.61 bits per heavy atom. The van der Waals surface area contributed by atoms with Crippen LogP contribution in [0.15, 0.2) is 12.1 Å². The normalized spacial score (nSPS) is 16.7. The molecule has 1 aromatic heterocycles. The SMILES string of the molecule is CC(=O)Nc1ccc(C(=O)N2CCC(C)CC2)s1. The van der Waals surface area contributed by atoms with E-state index in [0.717, 1.165) is 30.9 Å². The molecule has 1 aliphatic heterocycles. The molecule has 1 aliphatic rings. The van der Waals surface area contributed by atoms with Gasteiger partial charge in [0.1, 0.15) is 0 Å². The highest BCUT2D eigenvalue weighted by atomic mass is 32.1. The minimum Gasteiger partial charge on any atom is -0.338 e. The molecule has 2 heterocycles. The number of likely N-dealkylation sites (tertiary alicyclic amines) is 1. The molecule has 0 radical (unpaired) electrons. The second kappa shape index (κ2) is 5.52. The number of nitrogens with zero attached hydrogens (tertiary/aromatic N) is 1. The fourth-order valence-electron chi connectivity index (χ4n) is 2.06. The maximum Gasteiger partial charge on any atom is 0.263 e. The molecule has 0 spiro atoms. The molecule has 1 fully saturated rings. The van der Waals surface area contributed by atoms with Gasteiger partial charge in [0, 0.05) is 20.0 Å². The summed E-state index contributed by atoms with van der Waals surface area (Å²) < 4.78 is 0. The van der Waals surface area contributed by atoms with Crippen molar-refractivity contribution < 1.29 is 9.59 Å². The number of rotatable bonds is 2. The van der Waals surface area contributed by atoms with Crippen LogP contribution in [0.1, 0.15) is 36.4 Å². The van der Waals surface area contributed by atoms with Gasteiger partial charge in [-0.1, -0.05) is 6.92 Å². The van der Waals surface area contributed by atoms with Crippen LogP contribution < -0.4 is 5.32 Å². The molecule has 1 N–H and O–H groups in total. The van der Waals surface area contributed by atoms with Gasteiger partial charge in [0.05, 0.1) is 9.88 Å². The predicted octanol–water partition coefficient (Wildman–Crippen LogP) is 2.58. The average molecular weight is 266 g/mol. The highest BCUT2D eigenvalue weighted by Crippen LogP contribution is 2.25. The third-order valence-corrected chi connectivity index (χ3v) is 4.18. The molecule has 2 rings (SSSR count). The highest BCUT2D eigenvalue weighted by Gasteiger charge is 2.22. The smallest absolute Gasteiger partial charge is 0.263 e. The van der Waals surface area contributed by atoms with E-state index in [9.17, 15) is 9.59 Å². The van der Waals surface area contributed by atoms with Gasteiger partial charge in [-0.2, -0.15) is 0 Å². The lowest BCUT2D eigenvalue weighted by atomic mass is 9.99. The van der Waals surface area contributed by atoms with Crippen molar-refractivity contribution in [1.82, 2.24) is 4.90 Å². The summed E-state index contributed by atoms with van der Waals surface area (Å²) in [6, 6.07) is 3.57. The van der Waals surface area contributed by atoms with Crippen LogP contribution in [0.3, 0.4) is 0 Å². The van der Waals surface area contributed by atoms with Crippen LogP contribution in [0.25, 0.3) is 0 Å². The van der Waals surface area contributed by atoms with Crippen LogP contribution in [-0.2, 0) is 4.79 Å². The fraction of sp³-hybridized carbons (Fsp3) is 0.538. The first kappa shape index (κ1) is 13.1. The zero-order valence-corrected chi connectivity index (χ0v) is 11.5. The molecule has 98 valence electrons. The third kappa shape index (κ3) is 3.10. The molecule has 0 aliphatic carbocycles. The summed E-state index contributed by atoms with van der Waals surface area (Å²) in [5.41, 5.74) is 0. The van der Waals surface area contributed by atoms with Gasteiger partial charge in [-0.05, 0) is 30.9 Å². The Labute approximate surface area is 111 Å². The highest BCUT2D eigenvalue weighted by molar-refractivity contribution is 7.18. The van der Waals surface area contributed by atoms with Crippen molar-refractivity contribution in [3.63, 3.8) is 0 Å². The van der Waals surface area contributed by atoms with Crippen molar-refractivity contribution in [2.75, 3.05) is 18.4 Å². The number of piperidine rings is 1. The molecule has 1 saturated heterocycles. The summed E-state index contributed by atoms with van der Waals surface area (Å²) in [5, 5.41) is 3.43. The maximum atomic E-state index is 12.2. The number of carbonyl (C=O) groups excluding carboxylic acids is 2. The summed E-state index contributed by atoms with van der Waals surface area (Å²) in [7, 11) is 0. The predicted molar refractivity (Wildman–Crippen MR) is 72.9 cm³/mol. The van der Waals surface area contributed by atoms with Crippen LogP contribution in [0, 0.1) is 5.92 Å². The molecule has 5 heteroatoms. The van der Waals surface area contributed by atoms with Gasteiger partial charge < -0.3 is 10.2 Å². The van der Waals surface area contributed by atoms with Gasteiger partial charge in [-0.3, -0.25) is 9.59 Å². The van der Waals surface area contributed by atoms with Crippen molar-refractivity contribution >= 4 is 28.2 Å². The number of carbonyl (C=O) groups is 2. The van der Waals surface area contributed by atoms with Crippen LogP contribution in [-0.4, -0.2) is 29.8 Å². The van der Waals surface area contributed by atoms with E-state index >= 15 is 0 Å². The first-order chi connectivity index (χ1) is 8.56. The number of hydrogen-bond acceptors (Lipinski definition) is 3. The van der Waals surface area contributed by atoms with Gasteiger partial charge in [-0.25, -0.2) is 0 Å². The monoisotopic (exact) mass is 266 g/mol. The standard InChI is InChI=1S/C13H18N2O2S/c1-9-5-7-15(8-6-9)13(17)11-3-4-12(18-11)14-10(2)16/h3-4,9H,5-8H2,1-2H3,(H,14,16). The molecule has 0 saturated carbocycles. The lowest BCUT2D eigenvalue weighted by Gasteiger charge is -2.29. The van der Waals surface area contributed by atoms with Crippen molar-refractivity contribution in [2.24, 2.45) is 5.92 Å². The Morgan fingerprint density at radius 1 is 1.33 bits per heavy atom.